The molecular weight excluding hydrogens is 400 g/mol. The van der Waals surface area contributed by atoms with Gasteiger partial charge in [-0.2, -0.15) is 0 Å². The molecule has 0 fully saturated rings. The van der Waals surface area contributed by atoms with Crippen molar-refractivity contribution in [2.75, 3.05) is 6.26 Å². The summed E-state index contributed by atoms with van der Waals surface area (Å²) in [5.41, 5.74) is 0.653. The van der Waals surface area contributed by atoms with Crippen molar-refractivity contribution in [3.8, 4) is 11.3 Å². The Morgan fingerprint density at radius 1 is 1.16 bits per heavy atom. The van der Waals surface area contributed by atoms with E-state index in [9.17, 15) is 13.2 Å². The van der Waals surface area contributed by atoms with E-state index in [1.54, 1.807) is 12.1 Å². The molecule has 1 aromatic carbocycles. The van der Waals surface area contributed by atoms with Gasteiger partial charge >= 0.3 is 0 Å². The van der Waals surface area contributed by atoms with Gasteiger partial charge in [0.05, 0.1) is 4.90 Å². The smallest absolute Gasteiger partial charge is 0.185 e. The van der Waals surface area contributed by atoms with Crippen LogP contribution in [0.2, 0.25) is 0 Å². The standard InChI is InChI=1S/C12H8Br2O4S/c1-19(16,17)8-4-9(13)12(10(14)5-8)11-3-2-7(6-15)18-11/h2-6H,1H3. The average Bonchev–Trinajstić information content (AvgIpc) is 2.75. The van der Waals surface area contributed by atoms with Gasteiger partial charge in [0, 0.05) is 20.8 Å². The van der Waals surface area contributed by atoms with Crippen molar-refractivity contribution in [3.63, 3.8) is 0 Å². The maximum absolute atomic E-state index is 11.5. The van der Waals surface area contributed by atoms with Crippen LogP contribution < -0.4 is 0 Å². The molecule has 0 saturated carbocycles. The molecule has 0 aliphatic carbocycles. The first-order valence-electron chi connectivity index (χ1n) is 5.07. The highest BCUT2D eigenvalue weighted by molar-refractivity contribution is 9.11. The third-order valence-corrected chi connectivity index (χ3v) is 4.78. The molecule has 0 aliphatic heterocycles. The lowest BCUT2D eigenvalue weighted by Crippen LogP contribution is -1.97. The Morgan fingerprint density at radius 2 is 1.74 bits per heavy atom. The highest BCUT2D eigenvalue weighted by Gasteiger charge is 2.17. The van der Waals surface area contributed by atoms with Gasteiger partial charge in [0.1, 0.15) is 5.76 Å². The monoisotopic (exact) mass is 406 g/mol. The molecule has 2 aromatic rings. The lowest BCUT2D eigenvalue weighted by atomic mass is 10.2. The van der Waals surface area contributed by atoms with Crippen molar-refractivity contribution in [1.29, 1.82) is 0 Å². The minimum Gasteiger partial charge on any atom is -0.453 e. The molecule has 2 rings (SSSR count). The summed E-state index contributed by atoms with van der Waals surface area (Å²) in [5, 5.41) is 0. The first-order valence-corrected chi connectivity index (χ1v) is 8.55. The second kappa shape index (κ2) is 5.22. The first kappa shape index (κ1) is 14.5. The first-order chi connectivity index (χ1) is 8.82. The van der Waals surface area contributed by atoms with Crippen molar-refractivity contribution in [1.82, 2.24) is 0 Å². The Morgan fingerprint density at radius 3 is 2.16 bits per heavy atom. The molecule has 100 valence electrons. The fourth-order valence-corrected chi connectivity index (χ4v) is 4.09. The minimum absolute atomic E-state index is 0.192. The summed E-state index contributed by atoms with van der Waals surface area (Å²) in [7, 11) is -3.29. The van der Waals surface area contributed by atoms with Crippen LogP contribution in [0.1, 0.15) is 10.6 Å². The molecule has 0 amide bonds. The molecule has 19 heavy (non-hydrogen) atoms. The molecule has 0 N–H and O–H groups in total. The van der Waals surface area contributed by atoms with E-state index in [0.717, 1.165) is 6.26 Å². The van der Waals surface area contributed by atoms with Crippen LogP contribution in [0.4, 0.5) is 0 Å². The Bertz CT molecular complexity index is 724. The summed E-state index contributed by atoms with van der Waals surface area (Å²) < 4.78 is 29.5. The van der Waals surface area contributed by atoms with Gasteiger partial charge in [-0.3, -0.25) is 4.79 Å². The van der Waals surface area contributed by atoms with Crippen molar-refractivity contribution < 1.29 is 17.6 Å². The summed E-state index contributed by atoms with van der Waals surface area (Å²) in [6, 6.07) is 6.19. The molecule has 0 bridgehead atoms. The number of halogens is 2. The van der Waals surface area contributed by atoms with E-state index in [0.29, 0.717) is 26.6 Å². The zero-order valence-electron chi connectivity index (χ0n) is 9.68. The molecule has 0 spiro atoms. The zero-order valence-corrected chi connectivity index (χ0v) is 13.7. The summed E-state index contributed by atoms with van der Waals surface area (Å²) in [4.78, 5) is 10.8. The average molecular weight is 408 g/mol. The van der Waals surface area contributed by atoms with E-state index in [4.69, 9.17) is 4.42 Å². The van der Waals surface area contributed by atoms with E-state index < -0.39 is 9.84 Å². The van der Waals surface area contributed by atoms with E-state index in [-0.39, 0.29) is 10.7 Å². The molecule has 0 saturated heterocycles. The Labute approximate surface area is 127 Å². The predicted molar refractivity (Wildman–Crippen MR) is 78.0 cm³/mol. The molecule has 1 aromatic heterocycles. The Hall–Kier alpha value is -0.920. The van der Waals surface area contributed by atoms with Gasteiger partial charge in [-0.05, 0) is 56.1 Å². The van der Waals surface area contributed by atoms with Crippen LogP contribution in [0.15, 0.2) is 42.5 Å². The van der Waals surface area contributed by atoms with Gasteiger partial charge in [0.15, 0.2) is 21.9 Å². The normalized spacial score (nSPS) is 11.5. The van der Waals surface area contributed by atoms with Gasteiger partial charge in [-0.15, -0.1) is 0 Å². The van der Waals surface area contributed by atoms with Gasteiger partial charge in [0.25, 0.3) is 0 Å². The molecule has 4 nitrogen and oxygen atoms in total. The summed E-state index contributed by atoms with van der Waals surface area (Å²) in [6.45, 7) is 0. The largest absolute Gasteiger partial charge is 0.453 e. The van der Waals surface area contributed by atoms with Gasteiger partial charge in [-0.1, -0.05) is 0 Å². The van der Waals surface area contributed by atoms with Gasteiger partial charge in [-0.25, -0.2) is 8.42 Å². The molecule has 0 unspecified atom stereocenters. The highest BCUT2D eigenvalue weighted by atomic mass is 79.9. The molecule has 0 radical (unpaired) electrons. The lowest BCUT2D eigenvalue weighted by Gasteiger charge is -2.07. The van der Waals surface area contributed by atoms with E-state index in [2.05, 4.69) is 31.9 Å². The summed E-state index contributed by atoms with van der Waals surface area (Å²) in [5.74, 6) is 0.682. The molecule has 1 heterocycles. The number of aldehydes is 1. The molecule has 0 aliphatic rings. The molecule has 7 heteroatoms. The minimum atomic E-state index is -3.29. The third-order valence-electron chi connectivity index (χ3n) is 2.43. The van der Waals surface area contributed by atoms with Gasteiger partial charge in [0.2, 0.25) is 0 Å². The maximum atomic E-state index is 11.5. The number of benzene rings is 1. The van der Waals surface area contributed by atoms with E-state index in [1.165, 1.54) is 12.1 Å². The van der Waals surface area contributed by atoms with Crippen LogP contribution in [0.3, 0.4) is 0 Å². The fraction of sp³-hybridized carbons (Fsp3) is 0.0833. The van der Waals surface area contributed by atoms with Crippen molar-refractivity contribution in [2.45, 2.75) is 4.90 Å². The Balaban J connectivity index is 2.63. The van der Waals surface area contributed by atoms with Crippen LogP contribution in [-0.2, 0) is 9.84 Å². The predicted octanol–water partition coefficient (Wildman–Crippen LogP) is 3.69. The number of carbonyl (C=O) groups is 1. The van der Waals surface area contributed by atoms with Crippen molar-refractivity contribution >= 4 is 48.0 Å². The Kier molecular flexibility index (Phi) is 3.98. The van der Waals surface area contributed by atoms with Crippen LogP contribution in [-0.4, -0.2) is 21.0 Å². The topological polar surface area (TPSA) is 64.3 Å². The summed E-state index contributed by atoms with van der Waals surface area (Å²) >= 11 is 6.63. The molecular formula is C12H8Br2O4S. The second-order valence-corrected chi connectivity index (χ2v) is 7.58. The number of furan rings is 1. The lowest BCUT2D eigenvalue weighted by molar-refractivity contribution is 0.110. The number of sulfone groups is 1. The quantitative estimate of drug-likeness (QED) is 0.728. The number of hydrogen-bond donors (Lipinski definition) is 0. The fourth-order valence-electron chi connectivity index (χ4n) is 1.55. The van der Waals surface area contributed by atoms with E-state index in [1.807, 2.05) is 0 Å². The SMILES string of the molecule is CS(=O)(=O)c1cc(Br)c(-c2ccc(C=O)o2)c(Br)c1. The van der Waals surface area contributed by atoms with E-state index >= 15 is 0 Å². The number of carbonyl (C=O) groups excluding carboxylic acids is 1. The summed E-state index contributed by atoms with van der Waals surface area (Å²) in [6.07, 6.45) is 1.74. The number of hydrogen-bond acceptors (Lipinski definition) is 4. The van der Waals surface area contributed by atoms with Crippen LogP contribution >= 0.6 is 31.9 Å². The van der Waals surface area contributed by atoms with Crippen LogP contribution in [0, 0.1) is 0 Å². The third kappa shape index (κ3) is 2.98. The van der Waals surface area contributed by atoms with Crippen LogP contribution in [0.25, 0.3) is 11.3 Å². The highest BCUT2D eigenvalue weighted by Crippen LogP contribution is 2.38. The molecule has 0 atom stereocenters. The van der Waals surface area contributed by atoms with Gasteiger partial charge < -0.3 is 4.42 Å². The second-order valence-electron chi connectivity index (χ2n) is 3.85. The van der Waals surface area contributed by atoms with Crippen molar-refractivity contribution in [3.05, 3.63) is 39.0 Å². The number of rotatable bonds is 3. The van der Waals surface area contributed by atoms with Crippen molar-refractivity contribution in [2.24, 2.45) is 0 Å². The van der Waals surface area contributed by atoms with Crippen LogP contribution in [0.5, 0.6) is 0 Å². The zero-order chi connectivity index (χ0) is 14.2. The maximum Gasteiger partial charge on any atom is 0.185 e.